The number of benzene rings is 2. The summed E-state index contributed by atoms with van der Waals surface area (Å²) in [6.45, 7) is 7.30. The van der Waals surface area contributed by atoms with Crippen molar-refractivity contribution in [1.82, 2.24) is 10.2 Å². The molecule has 1 aromatic heterocycles. The van der Waals surface area contributed by atoms with E-state index in [9.17, 15) is 4.79 Å². The third kappa shape index (κ3) is 4.00. The largest absolute Gasteiger partial charge is 0.459 e. The molecule has 0 bridgehead atoms. The molecule has 1 amide bonds. The average Bonchev–Trinajstić information content (AvgIpc) is 3.41. The molecule has 5 rings (SSSR count). The summed E-state index contributed by atoms with van der Waals surface area (Å²) in [4.78, 5) is 15.4. The molecule has 2 atom stereocenters. The fourth-order valence-corrected chi connectivity index (χ4v) is 6.07. The summed E-state index contributed by atoms with van der Waals surface area (Å²) >= 11 is 0. The zero-order valence-electron chi connectivity index (χ0n) is 19.6. The van der Waals surface area contributed by atoms with Gasteiger partial charge in [0.2, 0.25) is 0 Å². The topological polar surface area (TPSA) is 54.7 Å². The number of furan rings is 1. The number of nitrogens with zero attached hydrogens (tertiary/aromatic N) is 1. The second kappa shape index (κ2) is 8.81. The smallest absolute Gasteiger partial charge is 0.287 e. The van der Waals surface area contributed by atoms with E-state index < -0.39 is 0 Å². The molecule has 3 aromatic rings. The van der Waals surface area contributed by atoms with Crippen LogP contribution in [0.15, 0.2) is 65.3 Å². The van der Waals surface area contributed by atoms with Gasteiger partial charge >= 0.3 is 0 Å². The van der Waals surface area contributed by atoms with Gasteiger partial charge in [-0.2, -0.15) is 0 Å². The van der Waals surface area contributed by atoms with Crippen molar-refractivity contribution in [3.63, 3.8) is 0 Å². The number of nitrogens with one attached hydrogen (secondary N) is 1. The predicted molar refractivity (Wildman–Crippen MR) is 128 cm³/mol. The van der Waals surface area contributed by atoms with E-state index in [1.165, 1.54) is 28.5 Å². The molecule has 5 nitrogen and oxygen atoms in total. The Kier molecular flexibility index (Phi) is 5.85. The first-order valence-electron chi connectivity index (χ1n) is 11.8. The highest BCUT2D eigenvalue weighted by atomic mass is 16.5. The second-order valence-corrected chi connectivity index (χ2v) is 9.60. The van der Waals surface area contributed by atoms with Crippen molar-refractivity contribution < 1.29 is 13.9 Å². The summed E-state index contributed by atoms with van der Waals surface area (Å²) in [6.07, 6.45) is 3.41. The number of amides is 1. The Hall–Kier alpha value is -2.89. The van der Waals surface area contributed by atoms with E-state index in [-0.39, 0.29) is 23.5 Å². The van der Waals surface area contributed by atoms with E-state index in [0.29, 0.717) is 5.76 Å². The average molecular weight is 445 g/mol. The molecule has 1 aliphatic heterocycles. The molecule has 33 heavy (non-hydrogen) atoms. The van der Waals surface area contributed by atoms with Crippen molar-refractivity contribution >= 4 is 5.91 Å². The molecule has 1 spiro atoms. The monoisotopic (exact) mass is 444 g/mol. The highest BCUT2D eigenvalue weighted by Crippen LogP contribution is 2.52. The summed E-state index contributed by atoms with van der Waals surface area (Å²) in [5.74, 6) is 0.123. The maximum absolute atomic E-state index is 12.8. The van der Waals surface area contributed by atoms with E-state index >= 15 is 0 Å². The Morgan fingerprint density at radius 2 is 1.82 bits per heavy atom. The van der Waals surface area contributed by atoms with Crippen molar-refractivity contribution in [3.8, 4) is 0 Å². The van der Waals surface area contributed by atoms with Gasteiger partial charge in [0.1, 0.15) is 0 Å². The van der Waals surface area contributed by atoms with Gasteiger partial charge in [0, 0.05) is 19.1 Å². The van der Waals surface area contributed by atoms with Gasteiger partial charge in [0.25, 0.3) is 5.91 Å². The van der Waals surface area contributed by atoms with Crippen LogP contribution < -0.4 is 5.32 Å². The number of fused-ring (bicyclic) bond motifs is 2. The van der Waals surface area contributed by atoms with Crippen molar-refractivity contribution in [3.05, 3.63) is 94.4 Å². The van der Waals surface area contributed by atoms with Crippen LogP contribution >= 0.6 is 0 Å². The van der Waals surface area contributed by atoms with Crippen molar-refractivity contribution in [1.29, 1.82) is 0 Å². The lowest BCUT2D eigenvalue weighted by molar-refractivity contribution is -0.0124. The van der Waals surface area contributed by atoms with Gasteiger partial charge in [0.15, 0.2) is 5.76 Å². The van der Waals surface area contributed by atoms with E-state index in [1.54, 1.807) is 19.2 Å². The number of aryl methyl sites for hydroxylation is 2. The number of ether oxygens (including phenoxy) is 1. The first-order valence-corrected chi connectivity index (χ1v) is 11.8. The summed E-state index contributed by atoms with van der Waals surface area (Å²) in [5, 5.41) is 3.20. The van der Waals surface area contributed by atoms with E-state index in [4.69, 9.17) is 9.15 Å². The first kappa shape index (κ1) is 21.9. The quantitative estimate of drug-likeness (QED) is 0.606. The van der Waals surface area contributed by atoms with Crippen LogP contribution in [0.4, 0.5) is 0 Å². The molecule has 2 aliphatic rings. The first-order chi connectivity index (χ1) is 16.0. The molecule has 1 fully saturated rings. The summed E-state index contributed by atoms with van der Waals surface area (Å²) in [7, 11) is 1.77. The molecule has 172 valence electrons. The Balaban J connectivity index is 1.38. The minimum atomic E-state index is -0.203. The number of carbonyl (C=O) groups is 1. The number of methoxy groups -OCH3 is 1. The predicted octanol–water partition coefficient (Wildman–Crippen LogP) is 4.93. The number of carbonyl (C=O) groups excluding carboxylic acids is 1. The lowest BCUT2D eigenvalue weighted by Gasteiger charge is -2.44. The third-order valence-electron chi connectivity index (χ3n) is 7.40. The van der Waals surface area contributed by atoms with Gasteiger partial charge in [-0.3, -0.25) is 9.69 Å². The molecule has 1 saturated heterocycles. The van der Waals surface area contributed by atoms with Crippen molar-refractivity contribution in [2.24, 2.45) is 0 Å². The molecule has 1 aliphatic carbocycles. The molecule has 2 aromatic carbocycles. The SMILES string of the molecule is CO[C@@H]1[C@@H](NC(=O)c2ccco2)c2ccccc2C12CCN(Cc1cc(C)cc(C)c1)CC2. The summed E-state index contributed by atoms with van der Waals surface area (Å²) < 4.78 is 11.5. The number of hydrogen-bond donors (Lipinski definition) is 1. The van der Waals surface area contributed by atoms with Crippen LogP contribution in [0.1, 0.15) is 57.3 Å². The third-order valence-corrected chi connectivity index (χ3v) is 7.40. The van der Waals surface area contributed by atoms with Crippen LogP contribution in [0.3, 0.4) is 0 Å². The number of rotatable bonds is 5. The molecule has 0 unspecified atom stereocenters. The highest BCUT2D eigenvalue weighted by molar-refractivity contribution is 5.91. The minimum Gasteiger partial charge on any atom is -0.459 e. The molecule has 2 heterocycles. The second-order valence-electron chi connectivity index (χ2n) is 9.60. The summed E-state index contributed by atoms with van der Waals surface area (Å²) in [6, 6.07) is 18.5. The van der Waals surface area contributed by atoms with Gasteiger partial charge in [-0.1, -0.05) is 53.6 Å². The van der Waals surface area contributed by atoms with Gasteiger partial charge in [-0.25, -0.2) is 0 Å². The summed E-state index contributed by atoms with van der Waals surface area (Å²) in [5.41, 5.74) is 6.38. The minimum absolute atomic E-state index is 0.106. The molecule has 1 N–H and O–H groups in total. The lowest BCUT2D eigenvalue weighted by Crippen LogP contribution is -2.50. The highest BCUT2D eigenvalue weighted by Gasteiger charge is 2.54. The number of likely N-dealkylation sites (tertiary alicyclic amines) is 1. The molecule has 0 radical (unpaired) electrons. The molecule has 5 heteroatoms. The van der Waals surface area contributed by atoms with Gasteiger partial charge in [0.05, 0.1) is 18.4 Å². The normalized spacial score (nSPS) is 21.8. The van der Waals surface area contributed by atoms with Crippen LogP contribution in [0.5, 0.6) is 0 Å². The fourth-order valence-electron chi connectivity index (χ4n) is 6.07. The van der Waals surface area contributed by atoms with E-state index in [0.717, 1.165) is 38.0 Å². The van der Waals surface area contributed by atoms with E-state index in [2.05, 4.69) is 60.5 Å². The van der Waals surface area contributed by atoms with Crippen molar-refractivity contribution in [2.45, 2.75) is 50.8 Å². The van der Waals surface area contributed by atoms with Crippen LogP contribution in [0, 0.1) is 13.8 Å². The Labute approximate surface area is 195 Å². The zero-order chi connectivity index (χ0) is 23.0. The van der Waals surface area contributed by atoms with Gasteiger partial charge in [-0.05, 0) is 68.6 Å². The van der Waals surface area contributed by atoms with Crippen LogP contribution in [-0.2, 0) is 16.7 Å². The number of hydrogen-bond acceptors (Lipinski definition) is 4. The standard InChI is InChI=1S/C28H32N2O3/c1-19-15-20(2)17-21(16-19)18-30-12-10-28(11-13-30)23-8-5-4-7-22(23)25(26(28)32-3)29-27(31)24-9-6-14-33-24/h4-9,14-17,25-26H,10-13,18H2,1-3H3,(H,29,31)/t25-,26+/m0/s1. The zero-order valence-corrected chi connectivity index (χ0v) is 19.6. The van der Waals surface area contributed by atoms with Crippen molar-refractivity contribution in [2.75, 3.05) is 20.2 Å². The molecular weight excluding hydrogens is 412 g/mol. The van der Waals surface area contributed by atoms with E-state index in [1.807, 2.05) is 6.07 Å². The lowest BCUT2D eigenvalue weighted by atomic mass is 9.71. The van der Waals surface area contributed by atoms with Crippen LogP contribution in [0.2, 0.25) is 0 Å². The van der Waals surface area contributed by atoms with Crippen LogP contribution in [-0.4, -0.2) is 37.1 Å². The fraction of sp³-hybridized carbons (Fsp3) is 0.393. The van der Waals surface area contributed by atoms with Gasteiger partial charge in [-0.15, -0.1) is 0 Å². The van der Waals surface area contributed by atoms with Crippen LogP contribution in [0.25, 0.3) is 0 Å². The maximum atomic E-state index is 12.8. The Morgan fingerprint density at radius 1 is 1.09 bits per heavy atom. The Morgan fingerprint density at radius 3 is 2.48 bits per heavy atom. The molecule has 0 saturated carbocycles. The molecular formula is C28H32N2O3. The number of piperidine rings is 1. The van der Waals surface area contributed by atoms with Gasteiger partial charge < -0.3 is 14.5 Å². The maximum Gasteiger partial charge on any atom is 0.287 e. The Bertz CT molecular complexity index is 1110.